The molecule has 2 amide bonds. The van der Waals surface area contributed by atoms with Gasteiger partial charge in [0.25, 0.3) is 0 Å². The number of nitrogens with one attached hydrogen (secondary N) is 1. The van der Waals surface area contributed by atoms with Crippen LogP contribution in [0.3, 0.4) is 0 Å². The first-order chi connectivity index (χ1) is 12.9. The molecule has 0 saturated carbocycles. The molecule has 0 aromatic heterocycles. The van der Waals surface area contributed by atoms with E-state index in [0.29, 0.717) is 44.3 Å². The van der Waals surface area contributed by atoms with Crippen molar-refractivity contribution >= 4 is 6.03 Å². The predicted molar refractivity (Wildman–Crippen MR) is 101 cm³/mol. The number of benzene rings is 1. The second-order valence-corrected chi connectivity index (χ2v) is 7.71. The molecule has 2 heterocycles. The summed E-state index contributed by atoms with van der Waals surface area (Å²) < 4.78 is 22.1. The molecule has 2 aliphatic rings. The molecule has 3 rings (SSSR count). The van der Waals surface area contributed by atoms with Gasteiger partial charge in [-0.2, -0.15) is 0 Å². The Morgan fingerprint density at radius 2 is 1.78 bits per heavy atom. The molecule has 2 aliphatic heterocycles. The highest BCUT2D eigenvalue weighted by Crippen LogP contribution is 2.33. The minimum atomic E-state index is -0.463. The number of rotatable bonds is 5. The number of likely N-dealkylation sites (tertiary alicyclic amines) is 1. The molecule has 150 valence electrons. The molecule has 2 saturated heterocycles. The molecule has 2 fully saturated rings. The predicted octanol–water partition coefficient (Wildman–Crippen LogP) is 2.53. The van der Waals surface area contributed by atoms with Gasteiger partial charge in [-0.3, -0.25) is 0 Å². The van der Waals surface area contributed by atoms with E-state index in [0.717, 1.165) is 18.4 Å². The molecule has 0 atom stereocenters. The number of carbonyl (C=O) groups excluding carboxylic acids is 1. The van der Waals surface area contributed by atoms with Gasteiger partial charge in [0.05, 0.1) is 27.4 Å². The lowest BCUT2D eigenvalue weighted by Crippen LogP contribution is -2.51. The van der Waals surface area contributed by atoms with Gasteiger partial charge in [0.2, 0.25) is 0 Å². The molecule has 7 nitrogen and oxygen atoms in total. The van der Waals surface area contributed by atoms with E-state index in [2.05, 4.69) is 19.2 Å². The molecule has 0 aliphatic carbocycles. The minimum Gasteiger partial charge on any atom is -0.493 e. The molecule has 1 N–H and O–H groups in total. The molecule has 1 aromatic rings. The van der Waals surface area contributed by atoms with Crippen molar-refractivity contribution in [2.45, 2.75) is 37.9 Å². The molecular weight excluding hydrogens is 348 g/mol. The molecule has 1 aromatic carbocycles. The van der Waals surface area contributed by atoms with Crippen molar-refractivity contribution in [2.24, 2.45) is 0 Å². The second-order valence-electron chi connectivity index (χ2n) is 7.71. The minimum absolute atomic E-state index is 0.0450. The van der Waals surface area contributed by atoms with Gasteiger partial charge >= 0.3 is 6.03 Å². The summed E-state index contributed by atoms with van der Waals surface area (Å²) in [5, 5.41) is 3.07. The second kappa shape index (κ2) is 7.94. The largest absolute Gasteiger partial charge is 0.493 e. The SMILES string of the molecule is COc1ccc(C(C)(C)CNC(=O)N2CCC3(CC2)OCCO3)cc1OC. The van der Waals surface area contributed by atoms with Gasteiger partial charge in [-0.1, -0.05) is 19.9 Å². The summed E-state index contributed by atoms with van der Waals surface area (Å²) in [6.07, 6.45) is 1.44. The zero-order chi connectivity index (χ0) is 19.5. The molecule has 7 heteroatoms. The maximum absolute atomic E-state index is 12.6. The van der Waals surface area contributed by atoms with Crippen LogP contribution in [0.2, 0.25) is 0 Å². The van der Waals surface area contributed by atoms with E-state index in [1.54, 1.807) is 14.2 Å². The topological polar surface area (TPSA) is 69.3 Å². The number of carbonyl (C=O) groups is 1. The van der Waals surface area contributed by atoms with Crippen LogP contribution in [-0.4, -0.2) is 63.8 Å². The Balaban J connectivity index is 1.56. The van der Waals surface area contributed by atoms with E-state index in [1.165, 1.54) is 0 Å². The lowest BCUT2D eigenvalue weighted by Gasteiger charge is -2.38. The average Bonchev–Trinajstić information content (AvgIpc) is 3.14. The van der Waals surface area contributed by atoms with Crippen molar-refractivity contribution in [1.29, 1.82) is 0 Å². The Hall–Kier alpha value is -1.99. The number of hydrogen-bond donors (Lipinski definition) is 1. The quantitative estimate of drug-likeness (QED) is 0.853. The summed E-state index contributed by atoms with van der Waals surface area (Å²) >= 11 is 0. The molecule has 1 spiro atoms. The zero-order valence-electron chi connectivity index (χ0n) is 16.7. The van der Waals surface area contributed by atoms with E-state index in [-0.39, 0.29) is 11.4 Å². The van der Waals surface area contributed by atoms with Crippen molar-refractivity contribution in [3.8, 4) is 11.5 Å². The molecular formula is C20H30N2O5. The molecule has 0 radical (unpaired) electrons. The molecule has 0 unspecified atom stereocenters. The van der Waals surface area contributed by atoms with Gasteiger partial charge in [-0.15, -0.1) is 0 Å². The van der Waals surface area contributed by atoms with Crippen LogP contribution in [0.15, 0.2) is 18.2 Å². The monoisotopic (exact) mass is 378 g/mol. The van der Waals surface area contributed by atoms with Crippen LogP contribution in [0.1, 0.15) is 32.3 Å². The number of urea groups is 1. The Bertz CT molecular complexity index is 660. The number of hydrogen-bond acceptors (Lipinski definition) is 5. The Kier molecular flexibility index (Phi) is 5.81. The highest BCUT2D eigenvalue weighted by Gasteiger charge is 2.40. The van der Waals surface area contributed by atoms with Gasteiger partial charge in [0, 0.05) is 37.9 Å². The Morgan fingerprint density at radius 3 is 2.37 bits per heavy atom. The van der Waals surface area contributed by atoms with Crippen LogP contribution in [-0.2, 0) is 14.9 Å². The summed E-state index contributed by atoms with van der Waals surface area (Å²) in [4.78, 5) is 14.4. The van der Waals surface area contributed by atoms with Crippen LogP contribution < -0.4 is 14.8 Å². The standard InChI is InChI=1S/C20H30N2O5/c1-19(2,15-5-6-16(24-3)17(13-15)25-4)14-21-18(23)22-9-7-20(8-10-22)26-11-12-27-20/h5-6,13H,7-12,14H2,1-4H3,(H,21,23). The number of ether oxygens (including phenoxy) is 4. The number of piperidine rings is 1. The third-order valence-corrected chi connectivity index (χ3v) is 5.47. The summed E-state index contributed by atoms with van der Waals surface area (Å²) in [6, 6.07) is 5.82. The van der Waals surface area contributed by atoms with Crippen LogP contribution in [0.25, 0.3) is 0 Å². The van der Waals surface area contributed by atoms with Crippen molar-refractivity contribution in [1.82, 2.24) is 10.2 Å². The number of methoxy groups -OCH3 is 2. The summed E-state index contributed by atoms with van der Waals surface area (Å²) in [5.74, 6) is 0.919. The van der Waals surface area contributed by atoms with Crippen LogP contribution in [0, 0.1) is 0 Å². The first-order valence-corrected chi connectivity index (χ1v) is 9.42. The zero-order valence-corrected chi connectivity index (χ0v) is 16.7. The van der Waals surface area contributed by atoms with Crippen molar-refractivity contribution in [2.75, 3.05) is 47.1 Å². The normalized spacial score (nSPS) is 19.2. The fourth-order valence-corrected chi connectivity index (χ4v) is 3.60. The summed E-state index contributed by atoms with van der Waals surface area (Å²) in [5.41, 5.74) is 0.829. The van der Waals surface area contributed by atoms with Crippen molar-refractivity contribution < 1.29 is 23.7 Å². The van der Waals surface area contributed by atoms with E-state index in [1.807, 2.05) is 23.1 Å². The van der Waals surface area contributed by atoms with Gasteiger partial charge in [-0.25, -0.2) is 4.79 Å². The van der Waals surface area contributed by atoms with Crippen molar-refractivity contribution in [3.05, 3.63) is 23.8 Å². The van der Waals surface area contributed by atoms with Crippen LogP contribution in [0.4, 0.5) is 4.79 Å². The fraction of sp³-hybridized carbons (Fsp3) is 0.650. The van der Waals surface area contributed by atoms with Crippen LogP contribution >= 0.6 is 0 Å². The maximum Gasteiger partial charge on any atom is 0.317 e. The number of amides is 2. The maximum atomic E-state index is 12.6. The molecule has 0 bridgehead atoms. The fourth-order valence-electron chi connectivity index (χ4n) is 3.60. The van der Waals surface area contributed by atoms with E-state index >= 15 is 0 Å². The van der Waals surface area contributed by atoms with E-state index in [9.17, 15) is 4.79 Å². The third-order valence-electron chi connectivity index (χ3n) is 5.47. The van der Waals surface area contributed by atoms with Gasteiger partial charge in [0.15, 0.2) is 17.3 Å². The third kappa shape index (κ3) is 4.30. The Morgan fingerprint density at radius 1 is 1.15 bits per heavy atom. The summed E-state index contributed by atoms with van der Waals surface area (Å²) in [7, 11) is 3.24. The highest BCUT2D eigenvalue weighted by atomic mass is 16.7. The van der Waals surface area contributed by atoms with Gasteiger partial charge in [-0.05, 0) is 17.7 Å². The Labute approximate surface area is 160 Å². The van der Waals surface area contributed by atoms with E-state index in [4.69, 9.17) is 18.9 Å². The van der Waals surface area contributed by atoms with E-state index < -0.39 is 5.79 Å². The lowest BCUT2D eigenvalue weighted by molar-refractivity contribution is -0.181. The average molecular weight is 378 g/mol. The molecule has 27 heavy (non-hydrogen) atoms. The lowest BCUT2D eigenvalue weighted by atomic mass is 9.84. The smallest absolute Gasteiger partial charge is 0.317 e. The van der Waals surface area contributed by atoms with Crippen molar-refractivity contribution in [3.63, 3.8) is 0 Å². The first-order valence-electron chi connectivity index (χ1n) is 9.42. The highest BCUT2D eigenvalue weighted by molar-refractivity contribution is 5.74. The summed E-state index contributed by atoms with van der Waals surface area (Å²) in [6.45, 7) is 7.29. The number of nitrogens with zero attached hydrogens (tertiary/aromatic N) is 1. The van der Waals surface area contributed by atoms with Crippen LogP contribution in [0.5, 0.6) is 11.5 Å². The van der Waals surface area contributed by atoms with Gasteiger partial charge < -0.3 is 29.2 Å². The first kappa shape index (κ1) is 19.8. The van der Waals surface area contributed by atoms with Gasteiger partial charge in [0.1, 0.15) is 0 Å².